The molecular formula is C10H9N3O4. The fourth-order valence-corrected chi connectivity index (χ4v) is 1.32. The zero-order valence-electron chi connectivity index (χ0n) is 8.97. The zero-order valence-corrected chi connectivity index (χ0v) is 8.97. The predicted octanol–water partition coefficient (Wildman–Crippen LogP) is 0.764. The summed E-state index contributed by atoms with van der Waals surface area (Å²) in [6.45, 7) is 0. The second kappa shape index (κ2) is 4.94. The van der Waals surface area contributed by atoms with Crippen LogP contribution in [0.25, 0.3) is 0 Å². The molecule has 0 radical (unpaired) electrons. The Morgan fingerprint density at radius 1 is 1.65 bits per heavy atom. The third-order valence-electron chi connectivity index (χ3n) is 2.12. The Morgan fingerprint density at radius 3 is 2.76 bits per heavy atom. The van der Waals surface area contributed by atoms with Crippen LogP contribution in [-0.4, -0.2) is 18.0 Å². The highest BCUT2D eigenvalue weighted by atomic mass is 16.6. The van der Waals surface area contributed by atoms with Gasteiger partial charge in [-0.3, -0.25) is 14.9 Å². The highest BCUT2D eigenvalue weighted by Gasteiger charge is 2.17. The lowest BCUT2D eigenvalue weighted by Crippen LogP contribution is -2.08. The first-order valence-electron chi connectivity index (χ1n) is 4.53. The average molecular weight is 235 g/mol. The number of nitrogens with zero attached hydrogens (tertiary/aromatic N) is 2. The highest BCUT2D eigenvalue weighted by molar-refractivity contribution is 5.76. The number of hydrogen-bond donors (Lipinski definition) is 1. The maximum absolute atomic E-state index is 11.1. The Hall–Kier alpha value is -2.62. The van der Waals surface area contributed by atoms with Crippen molar-refractivity contribution in [1.82, 2.24) is 0 Å². The fraction of sp³-hybridized carbons (Fsp3) is 0.200. The van der Waals surface area contributed by atoms with Crippen molar-refractivity contribution < 1.29 is 14.5 Å². The third-order valence-corrected chi connectivity index (χ3v) is 2.12. The van der Waals surface area contributed by atoms with E-state index in [4.69, 9.17) is 11.0 Å². The van der Waals surface area contributed by atoms with Gasteiger partial charge in [0.1, 0.15) is 6.07 Å². The lowest BCUT2D eigenvalue weighted by molar-refractivity contribution is -0.384. The Kier molecular flexibility index (Phi) is 3.62. The molecule has 0 bridgehead atoms. The first-order valence-corrected chi connectivity index (χ1v) is 4.53. The maximum atomic E-state index is 11.1. The topological polar surface area (TPSA) is 119 Å². The molecular weight excluding hydrogens is 226 g/mol. The second-order valence-electron chi connectivity index (χ2n) is 3.19. The summed E-state index contributed by atoms with van der Waals surface area (Å²) in [5.74, 6) is -0.596. The molecule has 7 nitrogen and oxygen atoms in total. The number of nitrogens with two attached hydrogens (primary N) is 1. The van der Waals surface area contributed by atoms with Gasteiger partial charge in [0.15, 0.2) is 0 Å². The molecule has 0 aliphatic carbocycles. The number of benzene rings is 1. The average Bonchev–Trinajstić information content (AvgIpc) is 2.28. The van der Waals surface area contributed by atoms with E-state index < -0.39 is 10.9 Å². The molecule has 0 aliphatic rings. The van der Waals surface area contributed by atoms with Gasteiger partial charge in [0, 0.05) is 12.1 Å². The van der Waals surface area contributed by atoms with Crippen LogP contribution in [0.15, 0.2) is 12.1 Å². The number of nitro groups is 1. The minimum atomic E-state index is -0.641. The van der Waals surface area contributed by atoms with Gasteiger partial charge in [0.2, 0.25) is 0 Å². The quantitative estimate of drug-likeness (QED) is 0.357. The van der Waals surface area contributed by atoms with Gasteiger partial charge in [-0.1, -0.05) is 0 Å². The molecule has 0 fully saturated rings. The van der Waals surface area contributed by atoms with Gasteiger partial charge in [-0.25, -0.2) is 0 Å². The lowest BCUT2D eigenvalue weighted by Gasteiger charge is -2.05. The van der Waals surface area contributed by atoms with E-state index in [1.165, 1.54) is 7.11 Å². The molecule has 0 amide bonds. The standard InChI is InChI=1S/C10H9N3O4/c1-17-10(14)3-6-2-7(13(15)16)4-9(12)8(6)5-11/h2,4H,3,12H2,1H3. The molecule has 0 heterocycles. The van der Waals surface area contributed by atoms with Crippen LogP contribution in [0.5, 0.6) is 0 Å². The van der Waals surface area contributed by atoms with E-state index in [1.807, 2.05) is 0 Å². The van der Waals surface area contributed by atoms with Gasteiger partial charge in [0.25, 0.3) is 5.69 Å². The third kappa shape index (κ3) is 2.69. The molecule has 88 valence electrons. The molecule has 0 aliphatic heterocycles. The van der Waals surface area contributed by atoms with Crippen LogP contribution < -0.4 is 5.73 Å². The molecule has 1 aromatic carbocycles. The SMILES string of the molecule is COC(=O)Cc1cc([N+](=O)[O-])cc(N)c1C#N. The Labute approximate surface area is 96.6 Å². The van der Waals surface area contributed by atoms with Gasteiger partial charge < -0.3 is 10.5 Å². The number of carbonyl (C=O) groups is 1. The summed E-state index contributed by atoms with van der Waals surface area (Å²) in [4.78, 5) is 21.1. The number of nitriles is 1. The number of nitrogen functional groups attached to an aromatic ring is 1. The van der Waals surface area contributed by atoms with Gasteiger partial charge in [-0.2, -0.15) is 5.26 Å². The van der Waals surface area contributed by atoms with Gasteiger partial charge in [0.05, 0.1) is 29.7 Å². The molecule has 0 aromatic heterocycles. The number of esters is 1. The molecule has 2 N–H and O–H groups in total. The smallest absolute Gasteiger partial charge is 0.310 e. The van der Waals surface area contributed by atoms with Crippen LogP contribution >= 0.6 is 0 Å². The van der Waals surface area contributed by atoms with Gasteiger partial charge in [-0.05, 0) is 5.56 Å². The number of hydrogen-bond acceptors (Lipinski definition) is 6. The number of ether oxygens (including phenoxy) is 1. The van der Waals surface area contributed by atoms with E-state index in [-0.39, 0.29) is 28.9 Å². The number of nitro benzene ring substituents is 1. The van der Waals surface area contributed by atoms with Crippen LogP contribution in [0.3, 0.4) is 0 Å². The lowest BCUT2D eigenvalue weighted by atomic mass is 10.0. The number of methoxy groups -OCH3 is 1. The summed E-state index contributed by atoms with van der Waals surface area (Å²) in [7, 11) is 1.19. The summed E-state index contributed by atoms with van der Waals surface area (Å²) in [5.41, 5.74) is 5.46. The zero-order chi connectivity index (χ0) is 13.0. The Bertz CT molecular complexity index is 519. The molecule has 17 heavy (non-hydrogen) atoms. The van der Waals surface area contributed by atoms with Crippen molar-refractivity contribution in [3.8, 4) is 6.07 Å². The number of rotatable bonds is 3. The van der Waals surface area contributed by atoms with E-state index in [1.54, 1.807) is 6.07 Å². The van der Waals surface area contributed by atoms with Crippen LogP contribution in [-0.2, 0) is 16.0 Å². The van der Waals surface area contributed by atoms with Crippen LogP contribution in [0.1, 0.15) is 11.1 Å². The molecule has 0 saturated heterocycles. The summed E-state index contributed by atoms with van der Waals surface area (Å²) in [5, 5.41) is 19.5. The van der Waals surface area contributed by atoms with E-state index in [0.29, 0.717) is 0 Å². The van der Waals surface area contributed by atoms with Crippen LogP contribution in [0.4, 0.5) is 11.4 Å². The molecule has 0 atom stereocenters. The van der Waals surface area contributed by atoms with Crippen LogP contribution in [0, 0.1) is 21.4 Å². The van der Waals surface area contributed by atoms with Crippen molar-refractivity contribution in [2.24, 2.45) is 0 Å². The maximum Gasteiger partial charge on any atom is 0.310 e. The van der Waals surface area contributed by atoms with E-state index in [9.17, 15) is 14.9 Å². The van der Waals surface area contributed by atoms with Crippen molar-refractivity contribution in [2.45, 2.75) is 6.42 Å². The van der Waals surface area contributed by atoms with Crippen molar-refractivity contribution in [3.05, 3.63) is 33.4 Å². The Balaban J connectivity index is 3.30. The van der Waals surface area contributed by atoms with E-state index in [2.05, 4.69) is 4.74 Å². The fourth-order valence-electron chi connectivity index (χ4n) is 1.32. The molecule has 1 rings (SSSR count). The monoisotopic (exact) mass is 235 g/mol. The normalized spacial score (nSPS) is 9.41. The molecule has 0 saturated carbocycles. The molecule has 1 aromatic rings. The van der Waals surface area contributed by atoms with Crippen molar-refractivity contribution >= 4 is 17.3 Å². The first-order chi connectivity index (χ1) is 7.99. The summed E-state index contributed by atoms with van der Waals surface area (Å²) >= 11 is 0. The van der Waals surface area contributed by atoms with Crippen molar-refractivity contribution in [2.75, 3.05) is 12.8 Å². The van der Waals surface area contributed by atoms with E-state index >= 15 is 0 Å². The largest absolute Gasteiger partial charge is 0.469 e. The molecule has 0 unspecified atom stereocenters. The predicted molar refractivity (Wildman–Crippen MR) is 57.9 cm³/mol. The van der Waals surface area contributed by atoms with Gasteiger partial charge in [-0.15, -0.1) is 0 Å². The minimum Gasteiger partial charge on any atom is -0.469 e. The van der Waals surface area contributed by atoms with E-state index in [0.717, 1.165) is 12.1 Å². The number of anilines is 1. The molecule has 0 spiro atoms. The highest BCUT2D eigenvalue weighted by Crippen LogP contribution is 2.24. The molecule has 7 heteroatoms. The minimum absolute atomic E-state index is 0.0272. The summed E-state index contributed by atoms with van der Waals surface area (Å²) in [6.07, 6.45) is -0.231. The van der Waals surface area contributed by atoms with Gasteiger partial charge >= 0.3 is 5.97 Å². The van der Waals surface area contributed by atoms with Crippen molar-refractivity contribution in [3.63, 3.8) is 0 Å². The number of carbonyl (C=O) groups excluding carboxylic acids is 1. The summed E-state index contributed by atoms with van der Waals surface area (Å²) < 4.78 is 4.43. The van der Waals surface area contributed by atoms with Crippen molar-refractivity contribution in [1.29, 1.82) is 5.26 Å². The Morgan fingerprint density at radius 2 is 2.29 bits per heavy atom. The number of non-ortho nitro benzene ring substituents is 1. The second-order valence-corrected chi connectivity index (χ2v) is 3.19. The first kappa shape index (κ1) is 12.4. The summed E-state index contributed by atoms with van der Waals surface area (Å²) in [6, 6.07) is 4.03. The van der Waals surface area contributed by atoms with Crippen LogP contribution in [0.2, 0.25) is 0 Å².